The fourth-order valence-electron chi connectivity index (χ4n) is 4.05. The number of ketones is 1. The first kappa shape index (κ1) is 15.5. The summed E-state index contributed by atoms with van der Waals surface area (Å²) in [6.45, 7) is 2.86. The van der Waals surface area contributed by atoms with E-state index in [0.29, 0.717) is 28.0 Å². The molecule has 3 unspecified atom stereocenters. The second-order valence-corrected chi connectivity index (χ2v) is 7.51. The number of fused-ring (bicyclic) bond motifs is 2. The van der Waals surface area contributed by atoms with E-state index in [1.54, 1.807) is 36.0 Å². The molecule has 1 saturated heterocycles. The van der Waals surface area contributed by atoms with Gasteiger partial charge in [-0.25, -0.2) is 0 Å². The molecule has 3 aliphatic rings. The van der Waals surface area contributed by atoms with Gasteiger partial charge >= 0.3 is 5.97 Å². The van der Waals surface area contributed by atoms with Crippen LogP contribution in [0.5, 0.6) is 0 Å². The summed E-state index contributed by atoms with van der Waals surface area (Å²) in [7, 11) is 0. The molecular formula is C19H19NO3S. The first-order valence-corrected chi connectivity index (χ1v) is 9.22. The van der Waals surface area contributed by atoms with Gasteiger partial charge in [0.05, 0.1) is 5.03 Å². The summed E-state index contributed by atoms with van der Waals surface area (Å²) in [5, 5.41) is 11.0. The summed E-state index contributed by atoms with van der Waals surface area (Å²) in [5.41, 5.74) is 1.62. The van der Waals surface area contributed by atoms with Crippen molar-refractivity contribution in [2.75, 3.05) is 6.54 Å². The van der Waals surface area contributed by atoms with E-state index in [1.165, 1.54) is 0 Å². The molecule has 1 aliphatic heterocycles. The molecule has 0 amide bonds. The lowest BCUT2D eigenvalue weighted by atomic mass is 9.97. The van der Waals surface area contributed by atoms with Crippen molar-refractivity contribution in [3.05, 3.63) is 58.1 Å². The van der Waals surface area contributed by atoms with E-state index >= 15 is 0 Å². The Labute approximate surface area is 145 Å². The third-order valence-corrected chi connectivity index (χ3v) is 6.53. The first-order chi connectivity index (χ1) is 11.6. The van der Waals surface area contributed by atoms with Crippen molar-refractivity contribution in [2.45, 2.75) is 37.0 Å². The molecule has 24 heavy (non-hydrogen) atoms. The number of thioether (sulfide) groups is 1. The number of Topliss-reactive ketones (excluding diaryl/α,β-unsaturated/α-hetero) is 1. The molecule has 1 heterocycles. The second-order valence-electron chi connectivity index (χ2n) is 6.35. The van der Waals surface area contributed by atoms with E-state index < -0.39 is 11.9 Å². The van der Waals surface area contributed by atoms with E-state index in [2.05, 4.69) is 24.0 Å². The summed E-state index contributed by atoms with van der Waals surface area (Å²) < 4.78 is 0. The summed E-state index contributed by atoms with van der Waals surface area (Å²) in [5.74, 6) is -1.92. The molecule has 0 spiro atoms. The zero-order chi connectivity index (χ0) is 16.8. The van der Waals surface area contributed by atoms with Gasteiger partial charge in [-0.3, -0.25) is 9.59 Å². The molecule has 1 N–H and O–H groups in total. The molecule has 0 saturated carbocycles. The fourth-order valence-corrected chi connectivity index (χ4v) is 5.67. The van der Waals surface area contributed by atoms with Crippen LogP contribution in [0.2, 0.25) is 0 Å². The lowest BCUT2D eigenvalue weighted by Gasteiger charge is -2.29. The SMILES string of the molecule is CCN1/C(=C2/C(=O)c3ccccc3C2C(=O)O)SC2C=CCCC21. The van der Waals surface area contributed by atoms with Crippen molar-refractivity contribution in [2.24, 2.45) is 0 Å². The molecule has 4 nitrogen and oxygen atoms in total. The van der Waals surface area contributed by atoms with Crippen molar-refractivity contribution in [3.8, 4) is 0 Å². The van der Waals surface area contributed by atoms with Crippen LogP contribution in [0.4, 0.5) is 0 Å². The molecule has 4 rings (SSSR count). The Hall–Kier alpha value is -2.01. The summed E-state index contributed by atoms with van der Waals surface area (Å²) in [6.07, 6.45) is 6.49. The normalized spacial score (nSPS) is 31.3. The van der Waals surface area contributed by atoms with E-state index in [0.717, 1.165) is 24.4 Å². The number of rotatable bonds is 2. The minimum absolute atomic E-state index is 0.124. The lowest BCUT2D eigenvalue weighted by molar-refractivity contribution is -0.137. The average Bonchev–Trinajstić information content (AvgIpc) is 3.10. The van der Waals surface area contributed by atoms with Gasteiger partial charge in [0.15, 0.2) is 5.78 Å². The number of allylic oxidation sites excluding steroid dienone is 1. The minimum Gasteiger partial charge on any atom is -0.481 e. The first-order valence-electron chi connectivity index (χ1n) is 8.34. The molecule has 5 heteroatoms. The number of carbonyl (C=O) groups excluding carboxylic acids is 1. The second kappa shape index (κ2) is 5.81. The summed E-state index contributed by atoms with van der Waals surface area (Å²) >= 11 is 1.65. The summed E-state index contributed by atoms with van der Waals surface area (Å²) in [4.78, 5) is 27.2. The van der Waals surface area contributed by atoms with Crippen LogP contribution >= 0.6 is 11.8 Å². The summed E-state index contributed by atoms with van der Waals surface area (Å²) in [6, 6.07) is 7.47. The molecule has 1 fully saturated rings. The average molecular weight is 341 g/mol. The highest BCUT2D eigenvalue weighted by atomic mass is 32.2. The van der Waals surface area contributed by atoms with Crippen LogP contribution in [-0.2, 0) is 4.79 Å². The molecule has 3 atom stereocenters. The monoisotopic (exact) mass is 341 g/mol. The number of nitrogens with zero attached hydrogens (tertiary/aromatic N) is 1. The van der Waals surface area contributed by atoms with Gasteiger partial charge in [-0.05, 0) is 25.3 Å². The number of carboxylic acids is 1. The van der Waals surface area contributed by atoms with Gasteiger partial charge in [0.25, 0.3) is 0 Å². The van der Waals surface area contributed by atoms with E-state index in [1.807, 2.05) is 0 Å². The Morgan fingerprint density at radius 2 is 2.17 bits per heavy atom. The van der Waals surface area contributed by atoms with Crippen molar-refractivity contribution in [1.82, 2.24) is 4.90 Å². The number of carbonyl (C=O) groups is 2. The maximum atomic E-state index is 13.0. The number of benzene rings is 1. The highest BCUT2D eigenvalue weighted by molar-refractivity contribution is 8.04. The topological polar surface area (TPSA) is 57.6 Å². The molecule has 124 valence electrons. The van der Waals surface area contributed by atoms with Gasteiger partial charge in [0.2, 0.25) is 0 Å². The number of hydrogen-bond acceptors (Lipinski definition) is 4. The van der Waals surface area contributed by atoms with Crippen LogP contribution in [0.15, 0.2) is 47.0 Å². The van der Waals surface area contributed by atoms with Crippen LogP contribution in [0.1, 0.15) is 41.6 Å². The minimum atomic E-state index is -0.946. The Morgan fingerprint density at radius 1 is 1.38 bits per heavy atom. The van der Waals surface area contributed by atoms with Crippen LogP contribution in [-0.4, -0.2) is 39.6 Å². The zero-order valence-electron chi connectivity index (χ0n) is 13.4. The quantitative estimate of drug-likeness (QED) is 0.660. The molecule has 1 aromatic carbocycles. The molecule has 1 aromatic rings. The highest BCUT2D eigenvalue weighted by Crippen LogP contribution is 2.50. The van der Waals surface area contributed by atoms with Gasteiger partial charge in [-0.15, -0.1) is 0 Å². The highest BCUT2D eigenvalue weighted by Gasteiger charge is 2.46. The Kier molecular flexibility index (Phi) is 3.76. The Morgan fingerprint density at radius 3 is 2.92 bits per heavy atom. The van der Waals surface area contributed by atoms with Crippen molar-refractivity contribution < 1.29 is 14.7 Å². The number of aliphatic carboxylic acids is 1. The van der Waals surface area contributed by atoms with Gasteiger partial charge in [-0.2, -0.15) is 0 Å². The predicted octanol–water partition coefficient (Wildman–Crippen LogP) is 3.42. The molecule has 0 aromatic heterocycles. The smallest absolute Gasteiger partial charge is 0.315 e. The van der Waals surface area contributed by atoms with Crippen LogP contribution in [0, 0.1) is 0 Å². The molecule has 0 radical (unpaired) electrons. The third kappa shape index (κ3) is 2.14. The van der Waals surface area contributed by atoms with Crippen LogP contribution in [0.3, 0.4) is 0 Å². The van der Waals surface area contributed by atoms with Gasteiger partial charge in [0.1, 0.15) is 5.92 Å². The van der Waals surface area contributed by atoms with Crippen LogP contribution < -0.4 is 0 Å². The van der Waals surface area contributed by atoms with E-state index in [-0.39, 0.29) is 5.78 Å². The van der Waals surface area contributed by atoms with E-state index in [4.69, 9.17) is 0 Å². The maximum absolute atomic E-state index is 13.0. The lowest BCUT2D eigenvalue weighted by Crippen LogP contribution is -2.35. The van der Waals surface area contributed by atoms with Gasteiger partial charge < -0.3 is 10.0 Å². The Balaban J connectivity index is 1.88. The zero-order valence-corrected chi connectivity index (χ0v) is 14.3. The predicted molar refractivity (Wildman–Crippen MR) is 94.1 cm³/mol. The fraction of sp³-hybridized carbons (Fsp3) is 0.368. The van der Waals surface area contributed by atoms with Crippen molar-refractivity contribution in [3.63, 3.8) is 0 Å². The third-order valence-electron chi connectivity index (χ3n) is 5.11. The van der Waals surface area contributed by atoms with E-state index in [9.17, 15) is 14.7 Å². The number of carboxylic acid groups (broad SMARTS) is 1. The number of hydrogen-bond donors (Lipinski definition) is 1. The van der Waals surface area contributed by atoms with Gasteiger partial charge in [0, 0.05) is 29.0 Å². The molecule has 2 aliphatic carbocycles. The standard InChI is InChI=1S/C19H19NO3S/c1-2-20-13-9-5-6-10-14(13)24-18(20)16-15(19(22)23)11-7-3-4-8-12(11)17(16)21/h3-4,6-8,10,13-15H,2,5,9H2,1H3,(H,22,23)/b18-16-. The largest absolute Gasteiger partial charge is 0.481 e. The van der Waals surface area contributed by atoms with Crippen molar-refractivity contribution >= 4 is 23.5 Å². The van der Waals surface area contributed by atoms with Crippen LogP contribution in [0.25, 0.3) is 0 Å². The maximum Gasteiger partial charge on any atom is 0.315 e. The van der Waals surface area contributed by atoms with Gasteiger partial charge in [-0.1, -0.05) is 48.2 Å². The Bertz CT molecular complexity index is 783. The molecular weight excluding hydrogens is 322 g/mol. The van der Waals surface area contributed by atoms with Crippen molar-refractivity contribution in [1.29, 1.82) is 0 Å². The molecule has 0 bridgehead atoms.